The van der Waals surface area contributed by atoms with Crippen LogP contribution in [0.2, 0.25) is 5.02 Å². The monoisotopic (exact) mass is 390 g/mol. The maximum Gasteiger partial charge on any atom is 0.227 e. The highest BCUT2D eigenvalue weighted by atomic mass is 35.5. The van der Waals surface area contributed by atoms with Crippen molar-refractivity contribution in [2.45, 2.75) is 57.4 Å². The van der Waals surface area contributed by atoms with Crippen LogP contribution >= 0.6 is 11.6 Å². The van der Waals surface area contributed by atoms with Gasteiger partial charge in [0.2, 0.25) is 5.91 Å². The zero-order valence-corrected chi connectivity index (χ0v) is 16.1. The van der Waals surface area contributed by atoms with Crippen LogP contribution < -0.4 is 0 Å². The number of benzene rings is 1. The predicted octanol–water partition coefficient (Wildman–Crippen LogP) is 3.75. The van der Waals surface area contributed by atoms with Gasteiger partial charge < -0.3 is 9.47 Å². The van der Waals surface area contributed by atoms with E-state index in [0.717, 1.165) is 50.3 Å². The van der Waals surface area contributed by atoms with Gasteiger partial charge in [-0.2, -0.15) is 0 Å². The highest BCUT2D eigenvalue weighted by molar-refractivity contribution is 6.31. The first kappa shape index (κ1) is 18.4. The number of nitrogens with zero attached hydrogens (tertiary/aromatic N) is 4. The summed E-state index contributed by atoms with van der Waals surface area (Å²) in [5, 5.41) is 9.16. The first-order valence-electron chi connectivity index (χ1n) is 9.76. The summed E-state index contributed by atoms with van der Waals surface area (Å²) in [5.41, 5.74) is 0.280. The number of rotatable bonds is 3. The Morgan fingerprint density at radius 1 is 1.19 bits per heavy atom. The number of carbonyl (C=O) groups is 1. The van der Waals surface area contributed by atoms with Gasteiger partial charge >= 0.3 is 0 Å². The lowest BCUT2D eigenvalue weighted by Crippen LogP contribution is -2.40. The summed E-state index contributed by atoms with van der Waals surface area (Å²) in [5.74, 6) is 1.77. The molecule has 0 aliphatic carbocycles. The van der Waals surface area contributed by atoms with Crippen molar-refractivity contribution in [3.05, 3.63) is 46.3 Å². The second-order valence-electron chi connectivity index (χ2n) is 7.49. The minimum atomic E-state index is -0.424. The van der Waals surface area contributed by atoms with E-state index in [9.17, 15) is 9.18 Å². The van der Waals surface area contributed by atoms with Crippen LogP contribution in [0.25, 0.3) is 0 Å². The number of hydrogen-bond donors (Lipinski definition) is 0. The van der Waals surface area contributed by atoms with E-state index in [2.05, 4.69) is 14.8 Å². The number of carbonyl (C=O) groups excluding carboxylic acids is 1. The van der Waals surface area contributed by atoms with E-state index in [4.69, 9.17) is 11.6 Å². The number of hydrogen-bond acceptors (Lipinski definition) is 3. The molecule has 0 spiro atoms. The fourth-order valence-electron chi connectivity index (χ4n) is 4.19. The molecule has 7 heteroatoms. The SMILES string of the molecule is O=C(Cc1c(F)cccc1Cl)N1CCCC(c2nnc3n2CCCCC3)C1. The lowest BCUT2D eigenvalue weighted by atomic mass is 9.96. The zero-order valence-electron chi connectivity index (χ0n) is 15.3. The highest BCUT2D eigenvalue weighted by Gasteiger charge is 2.30. The van der Waals surface area contributed by atoms with Crippen LogP contribution in [0.4, 0.5) is 4.39 Å². The average molecular weight is 391 g/mol. The lowest BCUT2D eigenvalue weighted by Gasteiger charge is -2.32. The molecule has 0 saturated carbocycles. The van der Waals surface area contributed by atoms with Crippen molar-refractivity contribution in [1.29, 1.82) is 0 Å². The first-order chi connectivity index (χ1) is 13.1. The summed E-state index contributed by atoms with van der Waals surface area (Å²) in [4.78, 5) is 14.6. The number of aromatic nitrogens is 3. The number of aryl methyl sites for hydroxylation is 1. The van der Waals surface area contributed by atoms with Crippen LogP contribution in [0.15, 0.2) is 18.2 Å². The Balaban J connectivity index is 1.48. The Morgan fingerprint density at radius 2 is 2.07 bits per heavy atom. The molecule has 0 radical (unpaired) electrons. The third-order valence-corrected chi connectivity index (χ3v) is 6.02. The maximum atomic E-state index is 14.0. The molecule has 144 valence electrons. The van der Waals surface area contributed by atoms with Crippen molar-refractivity contribution >= 4 is 17.5 Å². The standard InChI is InChI=1S/C20H24ClFN4O/c21-16-7-4-8-17(22)15(16)12-19(27)25-10-5-6-14(13-25)20-24-23-18-9-2-1-3-11-26(18)20/h4,7-8,14H,1-3,5-6,9-13H2. The molecule has 5 nitrogen and oxygen atoms in total. The molecule has 0 N–H and O–H groups in total. The molecule has 1 fully saturated rings. The topological polar surface area (TPSA) is 51.0 Å². The Hall–Kier alpha value is -1.95. The number of likely N-dealkylation sites (tertiary alicyclic amines) is 1. The van der Waals surface area contributed by atoms with E-state index in [1.165, 1.54) is 12.5 Å². The van der Waals surface area contributed by atoms with E-state index in [1.807, 2.05) is 4.90 Å². The van der Waals surface area contributed by atoms with Crippen LogP contribution in [-0.4, -0.2) is 38.7 Å². The predicted molar refractivity (Wildman–Crippen MR) is 101 cm³/mol. The summed E-state index contributed by atoms with van der Waals surface area (Å²) < 4.78 is 16.3. The van der Waals surface area contributed by atoms with Crippen molar-refractivity contribution in [1.82, 2.24) is 19.7 Å². The van der Waals surface area contributed by atoms with E-state index in [-0.39, 0.29) is 23.8 Å². The molecule has 1 amide bonds. The van der Waals surface area contributed by atoms with Crippen LogP contribution in [0.1, 0.15) is 55.2 Å². The maximum absolute atomic E-state index is 14.0. The van der Waals surface area contributed by atoms with Crippen LogP contribution in [0, 0.1) is 5.82 Å². The summed E-state index contributed by atoms with van der Waals surface area (Å²) in [7, 11) is 0. The summed E-state index contributed by atoms with van der Waals surface area (Å²) in [6.45, 7) is 2.28. The molecular weight excluding hydrogens is 367 g/mol. The van der Waals surface area contributed by atoms with Crippen LogP contribution in [0.3, 0.4) is 0 Å². The van der Waals surface area contributed by atoms with E-state index in [0.29, 0.717) is 18.1 Å². The van der Waals surface area contributed by atoms with Gasteiger partial charge in [0, 0.05) is 42.6 Å². The van der Waals surface area contributed by atoms with Gasteiger partial charge in [-0.25, -0.2) is 4.39 Å². The molecule has 2 aromatic rings. The molecule has 2 aliphatic rings. The van der Waals surface area contributed by atoms with Gasteiger partial charge in [0.05, 0.1) is 6.42 Å². The number of fused-ring (bicyclic) bond motifs is 1. The fraction of sp³-hybridized carbons (Fsp3) is 0.550. The number of piperidine rings is 1. The zero-order chi connectivity index (χ0) is 18.8. The van der Waals surface area contributed by atoms with Gasteiger partial charge in [-0.05, 0) is 37.8 Å². The molecule has 1 unspecified atom stereocenters. The fourth-order valence-corrected chi connectivity index (χ4v) is 4.42. The molecule has 2 aliphatic heterocycles. The third-order valence-electron chi connectivity index (χ3n) is 5.67. The second kappa shape index (κ2) is 7.97. The highest BCUT2D eigenvalue weighted by Crippen LogP contribution is 2.29. The van der Waals surface area contributed by atoms with Crippen LogP contribution in [-0.2, 0) is 24.2 Å². The Kier molecular flexibility index (Phi) is 5.43. The normalized spacial score (nSPS) is 20.2. The van der Waals surface area contributed by atoms with Crippen molar-refractivity contribution in [3.63, 3.8) is 0 Å². The molecule has 27 heavy (non-hydrogen) atoms. The average Bonchev–Trinajstić information content (AvgIpc) is 2.93. The van der Waals surface area contributed by atoms with Crippen molar-refractivity contribution in [3.8, 4) is 0 Å². The number of amides is 1. The Bertz CT molecular complexity index is 817. The van der Waals surface area contributed by atoms with E-state index in [1.54, 1.807) is 12.1 Å². The molecule has 1 aromatic heterocycles. The molecule has 0 bridgehead atoms. The minimum absolute atomic E-state index is 0.00380. The van der Waals surface area contributed by atoms with Gasteiger partial charge in [-0.1, -0.05) is 24.1 Å². The summed E-state index contributed by atoms with van der Waals surface area (Å²) in [6.07, 6.45) is 6.44. The third kappa shape index (κ3) is 3.86. The minimum Gasteiger partial charge on any atom is -0.342 e. The van der Waals surface area contributed by atoms with Gasteiger partial charge in [0.25, 0.3) is 0 Å². The summed E-state index contributed by atoms with van der Waals surface area (Å²) in [6, 6.07) is 4.52. The molecule has 1 atom stereocenters. The van der Waals surface area contributed by atoms with Gasteiger partial charge in [-0.3, -0.25) is 4.79 Å². The summed E-state index contributed by atoms with van der Waals surface area (Å²) >= 11 is 6.08. The van der Waals surface area contributed by atoms with Crippen molar-refractivity contribution < 1.29 is 9.18 Å². The largest absolute Gasteiger partial charge is 0.342 e. The molecular formula is C20H24ClFN4O. The molecule has 3 heterocycles. The molecule has 1 aromatic carbocycles. The van der Waals surface area contributed by atoms with Crippen molar-refractivity contribution in [2.75, 3.05) is 13.1 Å². The smallest absolute Gasteiger partial charge is 0.227 e. The Labute approximate surface area is 163 Å². The van der Waals surface area contributed by atoms with Gasteiger partial charge in [0.1, 0.15) is 17.5 Å². The van der Waals surface area contributed by atoms with E-state index >= 15 is 0 Å². The van der Waals surface area contributed by atoms with Gasteiger partial charge in [0.15, 0.2) is 0 Å². The quantitative estimate of drug-likeness (QED) is 0.802. The number of halogens is 2. The molecule has 4 rings (SSSR count). The van der Waals surface area contributed by atoms with Crippen molar-refractivity contribution in [2.24, 2.45) is 0 Å². The second-order valence-corrected chi connectivity index (χ2v) is 7.90. The lowest BCUT2D eigenvalue weighted by molar-refractivity contribution is -0.131. The Morgan fingerprint density at radius 3 is 2.93 bits per heavy atom. The van der Waals surface area contributed by atoms with Gasteiger partial charge in [-0.15, -0.1) is 10.2 Å². The first-order valence-corrected chi connectivity index (χ1v) is 10.1. The van der Waals surface area contributed by atoms with E-state index < -0.39 is 5.82 Å². The van der Waals surface area contributed by atoms with Crippen LogP contribution in [0.5, 0.6) is 0 Å². The molecule has 1 saturated heterocycles.